The van der Waals surface area contributed by atoms with Gasteiger partial charge in [0.2, 0.25) is 5.82 Å². The predicted molar refractivity (Wildman–Crippen MR) is 184 cm³/mol. The summed E-state index contributed by atoms with van der Waals surface area (Å²) in [5, 5.41) is 21.2. The Morgan fingerprint density at radius 1 is 0.959 bits per heavy atom. The molecule has 4 aromatic rings. The molecular formula is C32H35N7O8S2. The van der Waals surface area contributed by atoms with E-state index in [1.54, 1.807) is 12.1 Å². The summed E-state index contributed by atoms with van der Waals surface area (Å²) in [5.41, 5.74) is 3.97. The number of benzene rings is 3. The van der Waals surface area contributed by atoms with Gasteiger partial charge in [0.15, 0.2) is 5.82 Å². The highest BCUT2D eigenvalue weighted by molar-refractivity contribution is 7.86. The van der Waals surface area contributed by atoms with Crippen LogP contribution < -0.4 is 10.2 Å². The van der Waals surface area contributed by atoms with E-state index in [2.05, 4.69) is 15.3 Å². The maximum Gasteiger partial charge on any atom is 0.294 e. The minimum Gasteiger partial charge on any atom is -0.395 e. The number of amides is 1. The molecule has 0 saturated carbocycles. The van der Waals surface area contributed by atoms with E-state index >= 15 is 0 Å². The molecule has 0 spiro atoms. The second-order valence-corrected chi connectivity index (χ2v) is 15.1. The average molecular weight is 710 g/mol. The van der Waals surface area contributed by atoms with Crippen LogP contribution in [0.4, 0.5) is 17.1 Å². The van der Waals surface area contributed by atoms with E-state index in [0.717, 1.165) is 35.6 Å². The summed E-state index contributed by atoms with van der Waals surface area (Å²) >= 11 is 0. The Bertz CT molecular complexity index is 2170. The number of anilines is 2. The first-order valence-electron chi connectivity index (χ1n) is 15.0. The van der Waals surface area contributed by atoms with Crippen LogP contribution >= 0.6 is 0 Å². The van der Waals surface area contributed by atoms with E-state index in [4.69, 9.17) is 15.1 Å². The Labute approximate surface area is 283 Å². The van der Waals surface area contributed by atoms with Crippen molar-refractivity contribution in [3.05, 3.63) is 77.6 Å². The van der Waals surface area contributed by atoms with Crippen molar-refractivity contribution < 1.29 is 35.8 Å². The summed E-state index contributed by atoms with van der Waals surface area (Å²) in [6.07, 6.45) is 0. The summed E-state index contributed by atoms with van der Waals surface area (Å²) < 4.78 is 65.3. The van der Waals surface area contributed by atoms with Gasteiger partial charge in [-0.05, 0) is 80.1 Å². The lowest BCUT2D eigenvalue weighted by Crippen LogP contribution is -2.27. The fourth-order valence-corrected chi connectivity index (χ4v) is 6.26. The Morgan fingerprint density at radius 2 is 1.59 bits per heavy atom. The minimum absolute atomic E-state index is 0.0479. The third-order valence-electron chi connectivity index (χ3n) is 7.60. The standard InChI is InChI=1S/C32H35N7O8S2/c1-6-38(13-14-40)23-11-12-26(19(2)15-23)34-27-28(32(3,4)5)36-39-30(27)35-29(37-39)20-7-9-22(10-8-20)33-31(41)21-16-24(48(42,43)44)18-25(17-21)49(45,46)47/h7-12,15-18,40H,6,13-14H2,1-5H3,(H,33,41)(H,42,43,44)(H,45,46,47). The fraction of sp³-hybridized carbons (Fsp3) is 0.281. The van der Waals surface area contributed by atoms with E-state index in [1.807, 2.05) is 52.8 Å². The molecule has 3 aromatic carbocycles. The molecule has 1 aliphatic rings. The summed E-state index contributed by atoms with van der Waals surface area (Å²) in [6.45, 7) is 11.4. The summed E-state index contributed by atoms with van der Waals surface area (Å²) in [5.74, 6) is -0.110. The molecule has 2 heterocycles. The van der Waals surface area contributed by atoms with Gasteiger partial charge < -0.3 is 15.3 Å². The number of carbonyl (C=O) groups excluding carboxylic acids is 1. The second kappa shape index (κ2) is 13.2. The molecule has 15 nitrogen and oxygen atoms in total. The molecule has 0 fully saturated rings. The van der Waals surface area contributed by atoms with E-state index in [1.165, 1.54) is 16.9 Å². The Kier molecular flexibility index (Phi) is 9.59. The zero-order valence-corrected chi connectivity index (χ0v) is 28.9. The van der Waals surface area contributed by atoms with Crippen LogP contribution in [-0.4, -0.2) is 82.9 Å². The first-order chi connectivity index (χ1) is 22.9. The van der Waals surface area contributed by atoms with Crippen molar-refractivity contribution in [3.63, 3.8) is 0 Å². The highest BCUT2D eigenvalue weighted by Gasteiger charge is 2.35. The number of likely N-dealkylation sites (N-methyl/N-ethyl adjacent to an activating group) is 1. The predicted octanol–water partition coefficient (Wildman–Crippen LogP) is 4.20. The highest BCUT2D eigenvalue weighted by atomic mass is 32.2. The van der Waals surface area contributed by atoms with E-state index in [9.17, 15) is 35.8 Å². The molecule has 5 rings (SSSR count). The van der Waals surface area contributed by atoms with Crippen LogP contribution in [0.5, 0.6) is 0 Å². The molecular weight excluding hydrogens is 675 g/mol. The van der Waals surface area contributed by atoms with Crippen molar-refractivity contribution >= 4 is 54.6 Å². The fourth-order valence-electron chi connectivity index (χ4n) is 5.08. The van der Waals surface area contributed by atoms with Gasteiger partial charge in [-0.3, -0.25) is 13.9 Å². The number of hydrogen-bond donors (Lipinski definition) is 4. The molecule has 4 N–H and O–H groups in total. The molecule has 1 aromatic heterocycles. The van der Waals surface area contributed by atoms with Gasteiger partial charge in [-0.15, -0.1) is 9.89 Å². The number of nitrogens with one attached hydrogen (secondary N) is 1. The summed E-state index contributed by atoms with van der Waals surface area (Å²) in [7, 11) is -9.78. The maximum atomic E-state index is 12.9. The van der Waals surface area contributed by atoms with Crippen LogP contribution in [0.2, 0.25) is 0 Å². The normalized spacial score (nSPS) is 14.1. The summed E-state index contributed by atoms with van der Waals surface area (Å²) in [4.78, 5) is 24.4. The SMILES string of the molecule is CCN(CCO)c1ccc(N=C2C(C(C)(C)C)=Nn3nc(-c4ccc(NC(=O)c5cc(S(=O)(=O)O)cc(S(=O)(=O)O)c5)cc4)nc32)c(C)c1. The van der Waals surface area contributed by atoms with Crippen LogP contribution in [0.25, 0.3) is 11.4 Å². The van der Waals surface area contributed by atoms with Gasteiger partial charge in [0.1, 0.15) is 5.71 Å². The molecule has 17 heteroatoms. The van der Waals surface area contributed by atoms with Crippen molar-refractivity contribution in [2.24, 2.45) is 15.5 Å². The molecule has 0 bridgehead atoms. The first kappa shape index (κ1) is 35.5. The van der Waals surface area contributed by atoms with Crippen molar-refractivity contribution in [1.29, 1.82) is 0 Å². The number of rotatable bonds is 10. The zero-order chi connectivity index (χ0) is 35.9. The Morgan fingerprint density at radius 3 is 2.12 bits per heavy atom. The van der Waals surface area contributed by atoms with E-state index in [0.29, 0.717) is 41.2 Å². The van der Waals surface area contributed by atoms with Crippen molar-refractivity contribution in [2.75, 3.05) is 29.9 Å². The molecule has 0 unspecified atom stereocenters. The van der Waals surface area contributed by atoms with Gasteiger partial charge in [0, 0.05) is 41.0 Å². The Hall–Kier alpha value is -4.81. The maximum absolute atomic E-state index is 12.9. The number of aliphatic imine (C=N–C) groups is 1. The minimum atomic E-state index is -4.89. The average Bonchev–Trinajstić information content (AvgIpc) is 3.59. The van der Waals surface area contributed by atoms with Gasteiger partial charge in [0.05, 0.1) is 27.8 Å². The number of fused-ring (bicyclic) bond motifs is 1. The zero-order valence-electron chi connectivity index (χ0n) is 27.3. The number of aryl methyl sites for hydroxylation is 1. The molecule has 0 saturated heterocycles. The summed E-state index contributed by atoms with van der Waals surface area (Å²) in [6, 6.07) is 14.4. The van der Waals surface area contributed by atoms with Crippen molar-refractivity contribution in [3.8, 4) is 11.4 Å². The first-order valence-corrected chi connectivity index (χ1v) is 17.9. The number of aliphatic hydroxyl groups excluding tert-OH is 1. The monoisotopic (exact) mass is 709 g/mol. The van der Waals surface area contributed by atoms with Crippen molar-refractivity contribution in [1.82, 2.24) is 14.9 Å². The topological polar surface area (TPSA) is 217 Å². The number of carbonyl (C=O) groups is 1. The largest absolute Gasteiger partial charge is 0.395 e. The van der Waals surface area contributed by atoms with Crippen LogP contribution in [0.1, 0.15) is 49.4 Å². The van der Waals surface area contributed by atoms with Crippen LogP contribution in [-0.2, 0) is 20.2 Å². The van der Waals surface area contributed by atoms with Gasteiger partial charge in [-0.2, -0.15) is 21.9 Å². The molecule has 49 heavy (non-hydrogen) atoms. The third kappa shape index (κ3) is 7.76. The number of aromatic nitrogens is 3. The molecule has 0 radical (unpaired) electrons. The molecule has 1 amide bonds. The van der Waals surface area contributed by atoms with Crippen LogP contribution in [0.15, 0.2) is 80.5 Å². The number of aliphatic hydroxyl groups is 1. The molecule has 1 aliphatic heterocycles. The van der Waals surface area contributed by atoms with E-state index in [-0.39, 0.29) is 17.7 Å². The smallest absolute Gasteiger partial charge is 0.294 e. The number of hydrogen-bond acceptors (Lipinski definition) is 11. The lowest BCUT2D eigenvalue weighted by Gasteiger charge is -2.23. The lowest BCUT2D eigenvalue weighted by molar-refractivity contribution is 0.102. The third-order valence-corrected chi connectivity index (χ3v) is 9.26. The van der Waals surface area contributed by atoms with Crippen molar-refractivity contribution in [2.45, 2.75) is 44.4 Å². The van der Waals surface area contributed by atoms with Gasteiger partial charge in [-0.1, -0.05) is 20.8 Å². The molecule has 0 atom stereocenters. The number of nitrogens with zero attached hydrogens (tertiary/aromatic N) is 6. The molecule has 258 valence electrons. The molecule has 0 aliphatic carbocycles. The van der Waals surface area contributed by atoms with Gasteiger partial charge in [-0.25, -0.2) is 9.98 Å². The van der Waals surface area contributed by atoms with Crippen LogP contribution in [0.3, 0.4) is 0 Å². The van der Waals surface area contributed by atoms with Gasteiger partial charge >= 0.3 is 0 Å². The quantitative estimate of drug-likeness (QED) is 0.171. The van der Waals surface area contributed by atoms with Gasteiger partial charge in [0.25, 0.3) is 26.1 Å². The second-order valence-electron chi connectivity index (χ2n) is 12.3. The van der Waals surface area contributed by atoms with E-state index < -0.39 is 41.5 Å². The highest BCUT2D eigenvalue weighted by Crippen LogP contribution is 2.31. The Balaban J connectivity index is 1.43. The lowest BCUT2D eigenvalue weighted by atomic mass is 9.87. The van der Waals surface area contributed by atoms with Crippen LogP contribution in [0, 0.1) is 12.3 Å².